The highest BCUT2D eigenvalue weighted by molar-refractivity contribution is 9.11. The summed E-state index contributed by atoms with van der Waals surface area (Å²) in [5, 5.41) is 8.13. The summed E-state index contributed by atoms with van der Waals surface area (Å²) >= 11 is 19.2. The molecule has 176 valence electrons. The second-order valence-corrected chi connectivity index (χ2v) is 9.61. The van der Waals surface area contributed by atoms with Crippen molar-refractivity contribution >= 4 is 72.9 Å². The fourth-order valence-electron chi connectivity index (χ4n) is 2.99. The maximum Gasteiger partial charge on any atom is 0.259 e. The van der Waals surface area contributed by atoms with E-state index in [1.165, 1.54) is 6.21 Å². The van der Waals surface area contributed by atoms with Crippen LogP contribution in [-0.2, 0) is 11.4 Å². The van der Waals surface area contributed by atoms with Crippen LogP contribution in [0.2, 0.25) is 10.0 Å². The second kappa shape index (κ2) is 11.3. The first-order chi connectivity index (χ1) is 16.4. The number of nitrogens with zero attached hydrogens (tertiary/aromatic N) is 1. The molecule has 1 amide bonds. The van der Waals surface area contributed by atoms with Gasteiger partial charge in [0.25, 0.3) is 5.91 Å². The van der Waals surface area contributed by atoms with Crippen LogP contribution >= 0.6 is 55.1 Å². The number of halogens is 4. The van der Waals surface area contributed by atoms with Crippen molar-refractivity contribution in [1.82, 2.24) is 5.43 Å². The number of anilines is 1. The van der Waals surface area contributed by atoms with Crippen LogP contribution in [0, 0.1) is 0 Å². The van der Waals surface area contributed by atoms with Gasteiger partial charge in [-0.05, 0) is 73.8 Å². The Morgan fingerprint density at radius 1 is 1.06 bits per heavy atom. The smallest absolute Gasteiger partial charge is 0.259 e. The summed E-state index contributed by atoms with van der Waals surface area (Å²) in [6.07, 6.45) is 1.54. The van der Waals surface area contributed by atoms with Crippen LogP contribution < -0.4 is 25.0 Å². The van der Waals surface area contributed by atoms with Gasteiger partial charge in [0.05, 0.1) is 21.7 Å². The Morgan fingerprint density at radius 3 is 2.59 bits per heavy atom. The van der Waals surface area contributed by atoms with Gasteiger partial charge >= 0.3 is 0 Å². The van der Waals surface area contributed by atoms with E-state index in [4.69, 9.17) is 37.4 Å². The minimum Gasteiger partial charge on any atom is -0.486 e. The minimum absolute atomic E-state index is 0.0460. The number of hydrogen-bond donors (Lipinski definition) is 2. The molecule has 1 aliphatic rings. The maximum absolute atomic E-state index is 12.1. The van der Waals surface area contributed by atoms with Crippen LogP contribution in [0.5, 0.6) is 17.2 Å². The van der Waals surface area contributed by atoms with Crippen LogP contribution in [0.25, 0.3) is 0 Å². The number of carbonyl (C=O) groups excluding carboxylic acids is 1. The lowest BCUT2D eigenvalue weighted by molar-refractivity contribution is -0.119. The molecule has 0 spiro atoms. The Labute approximate surface area is 222 Å². The van der Waals surface area contributed by atoms with Gasteiger partial charge in [-0.15, -0.1) is 0 Å². The summed E-state index contributed by atoms with van der Waals surface area (Å²) in [7, 11) is 0. The predicted octanol–water partition coefficient (Wildman–Crippen LogP) is 6.39. The molecular weight excluding hydrogens is 613 g/mol. The van der Waals surface area contributed by atoms with Gasteiger partial charge in [-0.25, -0.2) is 5.43 Å². The lowest BCUT2D eigenvalue weighted by Gasteiger charge is -2.12. The number of ether oxygens (including phenoxy) is 3. The second-order valence-electron chi connectivity index (χ2n) is 7.05. The van der Waals surface area contributed by atoms with Crippen molar-refractivity contribution in [3.63, 3.8) is 0 Å². The molecule has 0 unspecified atom stereocenters. The fraction of sp³-hybridized carbons (Fsp3) is 0.130. The third kappa shape index (κ3) is 6.35. The molecule has 0 bridgehead atoms. The van der Waals surface area contributed by atoms with E-state index in [-0.39, 0.29) is 25.9 Å². The van der Waals surface area contributed by atoms with Crippen LogP contribution in [-0.4, -0.2) is 25.5 Å². The first-order valence-electron chi connectivity index (χ1n) is 9.90. The molecule has 7 nitrogen and oxygen atoms in total. The Balaban J connectivity index is 1.30. The highest BCUT2D eigenvalue weighted by Crippen LogP contribution is 2.36. The Kier molecular flexibility index (Phi) is 8.20. The largest absolute Gasteiger partial charge is 0.486 e. The van der Waals surface area contributed by atoms with Crippen molar-refractivity contribution < 1.29 is 19.0 Å². The zero-order chi connectivity index (χ0) is 24.1. The molecule has 0 saturated carbocycles. The van der Waals surface area contributed by atoms with Crippen molar-refractivity contribution in [2.75, 3.05) is 18.7 Å². The maximum atomic E-state index is 12.1. The molecule has 3 aromatic rings. The molecule has 3 aromatic carbocycles. The lowest BCUT2D eigenvalue weighted by Crippen LogP contribution is -2.25. The number of benzene rings is 3. The lowest BCUT2D eigenvalue weighted by atomic mass is 10.2. The van der Waals surface area contributed by atoms with Crippen molar-refractivity contribution in [2.45, 2.75) is 6.61 Å². The molecule has 4 rings (SSSR count). The summed E-state index contributed by atoms with van der Waals surface area (Å²) in [5.74, 6) is 1.64. The zero-order valence-corrected chi connectivity index (χ0v) is 22.1. The number of fused-ring (bicyclic) bond motifs is 1. The number of nitrogens with one attached hydrogen (secondary N) is 2. The molecule has 0 aliphatic carbocycles. The van der Waals surface area contributed by atoms with Crippen molar-refractivity contribution in [3.05, 3.63) is 78.6 Å². The highest BCUT2D eigenvalue weighted by Gasteiger charge is 2.13. The Morgan fingerprint density at radius 2 is 1.82 bits per heavy atom. The van der Waals surface area contributed by atoms with E-state index in [1.807, 2.05) is 24.3 Å². The molecule has 0 radical (unpaired) electrons. The SMILES string of the molecule is O=C(CNc1ccc2c(c1)OCO2)N/N=C\c1cc(Br)c(OCc2ccc(Cl)cc2Cl)c(Br)c1. The van der Waals surface area contributed by atoms with E-state index >= 15 is 0 Å². The van der Waals surface area contributed by atoms with E-state index in [0.717, 1.165) is 16.8 Å². The quantitative estimate of drug-likeness (QED) is 0.223. The van der Waals surface area contributed by atoms with Gasteiger partial charge in [-0.1, -0.05) is 29.3 Å². The summed E-state index contributed by atoms with van der Waals surface area (Å²) in [6, 6.07) is 14.3. The molecule has 0 saturated heterocycles. The van der Waals surface area contributed by atoms with Crippen molar-refractivity contribution in [3.8, 4) is 17.2 Å². The Hall–Kier alpha value is -2.46. The number of hydrogen-bond acceptors (Lipinski definition) is 6. The van der Waals surface area contributed by atoms with Gasteiger partial charge in [0, 0.05) is 27.4 Å². The standard InChI is InChI=1S/C23H17Br2Cl2N3O4/c24-17-5-13(6-18(25)23(17)32-11-14-1-2-15(26)7-19(14)27)9-29-30-22(31)10-28-16-3-4-20-21(8-16)34-12-33-20/h1-9,28H,10-12H2,(H,30,31)/b29-9-. The van der Waals surface area contributed by atoms with Crippen molar-refractivity contribution in [1.29, 1.82) is 0 Å². The number of rotatable bonds is 8. The highest BCUT2D eigenvalue weighted by atomic mass is 79.9. The molecule has 0 fully saturated rings. The monoisotopic (exact) mass is 627 g/mol. The van der Waals surface area contributed by atoms with E-state index < -0.39 is 0 Å². The third-order valence-corrected chi connectivity index (χ3v) is 6.40. The molecular formula is C23H17Br2Cl2N3O4. The van der Waals surface area contributed by atoms with E-state index in [1.54, 1.807) is 24.3 Å². The van der Waals surface area contributed by atoms with Gasteiger partial charge in [-0.3, -0.25) is 4.79 Å². The summed E-state index contributed by atoms with van der Waals surface area (Å²) < 4.78 is 17.9. The van der Waals surface area contributed by atoms with Crippen LogP contribution in [0.15, 0.2) is 62.6 Å². The summed E-state index contributed by atoms with van der Waals surface area (Å²) in [5.41, 5.74) is 4.79. The molecule has 34 heavy (non-hydrogen) atoms. The minimum atomic E-state index is -0.299. The Bertz CT molecular complexity index is 1230. The first-order valence-corrected chi connectivity index (χ1v) is 12.2. The van der Waals surface area contributed by atoms with E-state index in [2.05, 4.69) is 47.7 Å². The van der Waals surface area contributed by atoms with Gasteiger partial charge in [0.1, 0.15) is 12.4 Å². The number of carbonyl (C=O) groups is 1. The molecule has 11 heteroatoms. The van der Waals surface area contributed by atoms with Crippen molar-refractivity contribution in [2.24, 2.45) is 5.10 Å². The molecule has 1 aliphatic heterocycles. The first kappa shape index (κ1) is 24.7. The summed E-state index contributed by atoms with van der Waals surface area (Å²) in [6.45, 7) is 0.515. The number of amides is 1. The van der Waals surface area contributed by atoms with Crippen LogP contribution in [0.3, 0.4) is 0 Å². The average Bonchev–Trinajstić information content (AvgIpc) is 3.26. The van der Waals surface area contributed by atoms with Gasteiger partial charge in [0.2, 0.25) is 6.79 Å². The van der Waals surface area contributed by atoms with E-state index in [9.17, 15) is 4.79 Å². The average molecular weight is 630 g/mol. The molecule has 1 heterocycles. The number of hydrazone groups is 1. The summed E-state index contributed by atoms with van der Waals surface area (Å²) in [4.78, 5) is 12.1. The van der Waals surface area contributed by atoms with Gasteiger partial charge in [-0.2, -0.15) is 5.10 Å². The molecule has 0 atom stereocenters. The van der Waals surface area contributed by atoms with Crippen LogP contribution in [0.1, 0.15) is 11.1 Å². The van der Waals surface area contributed by atoms with E-state index in [0.29, 0.717) is 36.2 Å². The van der Waals surface area contributed by atoms with Crippen LogP contribution in [0.4, 0.5) is 5.69 Å². The van der Waals surface area contributed by atoms with Gasteiger partial charge in [0.15, 0.2) is 11.5 Å². The zero-order valence-electron chi connectivity index (χ0n) is 17.4. The fourth-order valence-corrected chi connectivity index (χ4v) is 4.90. The normalized spacial score (nSPS) is 12.1. The van der Waals surface area contributed by atoms with Gasteiger partial charge < -0.3 is 19.5 Å². The predicted molar refractivity (Wildman–Crippen MR) is 139 cm³/mol. The topological polar surface area (TPSA) is 81.2 Å². The molecule has 2 N–H and O–H groups in total. The molecule has 0 aromatic heterocycles. The third-order valence-electron chi connectivity index (χ3n) is 4.64.